The maximum absolute atomic E-state index is 12.7. The number of hydrogen-bond acceptors (Lipinski definition) is 6. The normalized spacial score (nSPS) is 18.2. The van der Waals surface area contributed by atoms with E-state index in [0.29, 0.717) is 34.3 Å². The Hall–Kier alpha value is -3.80. The summed E-state index contributed by atoms with van der Waals surface area (Å²) < 4.78 is 16.6. The molecule has 6 nitrogen and oxygen atoms in total. The van der Waals surface area contributed by atoms with Crippen molar-refractivity contribution in [1.29, 1.82) is 0 Å². The van der Waals surface area contributed by atoms with Crippen molar-refractivity contribution in [3.05, 3.63) is 82.9 Å². The van der Waals surface area contributed by atoms with Crippen LogP contribution in [-0.4, -0.2) is 24.2 Å². The number of carbonyl (C=O) groups is 2. The van der Waals surface area contributed by atoms with Crippen LogP contribution in [0.4, 0.5) is 0 Å². The third kappa shape index (κ3) is 3.58. The lowest BCUT2D eigenvalue weighted by atomic mass is 9.90. The first-order valence-electron chi connectivity index (χ1n) is 10.6. The standard InChI is InChI=1S/C26H22O6/c1-30-20-10-6-16(7-11-20)26(29)32-22-13-12-21(23-17-2-3-18(14-17)24(22)23)31-25(28)15-4-8-19(27)9-5-15/h4-13,17-18,27H,2-3,14H2,1H3. The van der Waals surface area contributed by atoms with Gasteiger partial charge in [-0.1, -0.05) is 0 Å². The van der Waals surface area contributed by atoms with Crippen LogP contribution in [-0.2, 0) is 0 Å². The molecule has 2 unspecified atom stereocenters. The van der Waals surface area contributed by atoms with E-state index < -0.39 is 11.9 Å². The molecular formula is C26H22O6. The fourth-order valence-corrected chi connectivity index (χ4v) is 4.76. The van der Waals surface area contributed by atoms with Crippen molar-refractivity contribution < 1.29 is 28.9 Å². The highest BCUT2D eigenvalue weighted by atomic mass is 16.5. The van der Waals surface area contributed by atoms with E-state index in [-0.39, 0.29) is 11.7 Å². The highest BCUT2D eigenvalue weighted by molar-refractivity contribution is 5.92. The third-order valence-electron chi connectivity index (χ3n) is 6.29. The van der Waals surface area contributed by atoms with Gasteiger partial charge in [0.15, 0.2) is 0 Å². The van der Waals surface area contributed by atoms with Gasteiger partial charge in [-0.3, -0.25) is 0 Å². The van der Waals surface area contributed by atoms with E-state index >= 15 is 0 Å². The second-order valence-electron chi connectivity index (χ2n) is 8.15. The van der Waals surface area contributed by atoms with Crippen molar-refractivity contribution in [2.75, 3.05) is 7.11 Å². The third-order valence-corrected chi connectivity index (χ3v) is 6.29. The maximum atomic E-state index is 12.7. The van der Waals surface area contributed by atoms with Gasteiger partial charge in [0.05, 0.1) is 18.2 Å². The number of aromatic hydroxyl groups is 1. The van der Waals surface area contributed by atoms with Gasteiger partial charge in [-0.2, -0.15) is 0 Å². The molecule has 0 aromatic heterocycles. The van der Waals surface area contributed by atoms with Crippen LogP contribution in [0.2, 0.25) is 0 Å². The number of ether oxygens (including phenoxy) is 3. The van der Waals surface area contributed by atoms with Crippen LogP contribution in [0.15, 0.2) is 60.7 Å². The van der Waals surface area contributed by atoms with Crippen LogP contribution >= 0.6 is 0 Å². The zero-order valence-electron chi connectivity index (χ0n) is 17.5. The van der Waals surface area contributed by atoms with Crippen molar-refractivity contribution in [3.63, 3.8) is 0 Å². The first kappa shape index (κ1) is 20.1. The summed E-state index contributed by atoms with van der Waals surface area (Å²) in [5.74, 6) is 1.44. The summed E-state index contributed by atoms with van der Waals surface area (Å²) in [5, 5.41) is 9.44. The molecule has 1 N–H and O–H groups in total. The van der Waals surface area contributed by atoms with E-state index in [2.05, 4.69) is 0 Å². The molecule has 0 heterocycles. The summed E-state index contributed by atoms with van der Waals surface area (Å²) in [6, 6.07) is 16.1. The zero-order valence-corrected chi connectivity index (χ0v) is 17.5. The van der Waals surface area contributed by atoms with Crippen LogP contribution in [0.1, 0.15) is 62.9 Å². The average Bonchev–Trinajstić information content (AvgIpc) is 3.44. The first-order valence-corrected chi connectivity index (χ1v) is 10.6. The van der Waals surface area contributed by atoms with Gasteiger partial charge in [-0.05, 0) is 91.8 Å². The summed E-state index contributed by atoms with van der Waals surface area (Å²) in [7, 11) is 1.57. The molecule has 0 amide bonds. The van der Waals surface area contributed by atoms with Gasteiger partial charge >= 0.3 is 11.9 Å². The van der Waals surface area contributed by atoms with Crippen molar-refractivity contribution in [1.82, 2.24) is 0 Å². The van der Waals surface area contributed by atoms with Gasteiger partial charge in [0.2, 0.25) is 0 Å². The number of carbonyl (C=O) groups excluding carboxylic acids is 2. The topological polar surface area (TPSA) is 82.1 Å². The maximum Gasteiger partial charge on any atom is 0.343 e. The van der Waals surface area contributed by atoms with Crippen LogP contribution in [0.3, 0.4) is 0 Å². The number of hydrogen-bond donors (Lipinski definition) is 1. The molecule has 1 fully saturated rings. The fraction of sp³-hybridized carbons (Fsp3) is 0.231. The van der Waals surface area contributed by atoms with Gasteiger partial charge in [0.25, 0.3) is 0 Å². The Bertz CT molecular complexity index is 1180. The molecule has 2 aliphatic rings. The molecule has 6 heteroatoms. The minimum absolute atomic E-state index is 0.0859. The highest BCUT2D eigenvalue weighted by Crippen LogP contribution is 2.58. The molecule has 0 saturated heterocycles. The van der Waals surface area contributed by atoms with Gasteiger partial charge in [0.1, 0.15) is 23.0 Å². The van der Waals surface area contributed by atoms with Gasteiger partial charge in [-0.25, -0.2) is 9.59 Å². The van der Waals surface area contributed by atoms with Crippen LogP contribution in [0.5, 0.6) is 23.0 Å². The zero-order chi connectivity index (χ0) is 22.2. The number of rotatable bonds is 5. The molecule has 32 heavy (non-hydrogen) atoms. The second kappa shape index (κ2) is 8.04. The van der Waals surface area contributed by atoms with Gasteiger partial charge in [0, 0.05) is 11.1 Å². The lowest BCUT2D eigenvalue weighted by Gasteiger charge is -2.21. The second-order valence-corrected chi connectivity index (χ2v) is 8.15. The molecule has 2 atom stereocenters. The quantitative estimate of drug-likeness (QED) is 0.442. The monoisotopic (exact) mass is 430 g/mol. The van der Waals surface area contributed by atoms with Crippen molar-refractivity contribution in [2.24, 2.45) is 0 Å². The van der Waals surface area contributed by atoms with E-state index in [1.54, 1.807) is 43.5 Å². The molecule has 0 aliphatic heterocycles. The Kier molecular flexibility index (Phi) is 5.05. The molecule has 2 aliphatic carbocycles. The van der Waals surface area contributed by atoms with Crippen molar-refractivity contribution in [3.8, 4) is 23.0 Å². The van der Waals surface area contributed by atoms with Crippen molar-refractivity contribution in [2.45, 2.75) is 31.1 Å². The molecule has 162 valence electrons. The Labute approximate surface area is 185 Å². The number of phenols is 1. The highest BCUT2D eigenvalue weighted by Gasteiger charge is 2.42. The lowest BCUT2D eigenvalue weighted by Crippen LogP contribution is -2.14. The van der Waals surface area contributed by atoms with Crippen molar-refractivity contribution >= 4 is 11.9 Å². The summed E-state index contributed by atoms with van der Waals surface area (Å²) in [6.07, 6.45) is 3.02. The summed E-state index contributed by atoms with van der Waals surface area (Å²) in [6.45, 7) is 0. The molecular weight excluding hydrogens is 408 g/mol. The molecule has 3 aromatic rings. The largest absolute Gasteiger partial charge is 0.508 e. The minimum atomic E-state index is -0.488. The summed E-state index contributed by atoms with van der Waals surface area (Å²) in [4.78, 5) is 25.4. The number of esters is 2. The number of fused-ring (bicyclic) bond motifs is 5. The molecule has 2 bridgehead atoms. The van der Waals surface area contributed by atoms with E-state index in [1.807, 2.05) is 0 Å². The smallest absolute Gasteiger partial charge is 0.343 e. The predicted molar refractivity (Wildman–Crippen MR) is 117 cm³/mol. The number of methoxy groups -OCH3 is 1. The fourth-order valence-electron chi connectivity index (χ4n) is 4.76. The summed E-state index contributed by atoms with van der Waals surface area (Å²) >= 11 is 0. The lowest BCUT2D eigenvalue weighted by molar-refractivity contribution is 0.0716. The Morgan fingerprint density at radius 1 is 0.750 bits per heavy atom. The van der Waals surface area contributed by atoms with Crippen LogP contribution in [0.25, 0.3) is 0 Å². The predicted octanol–water partition coefficient (Wildman–Crippen LogP) is 5.20. The van der Waals surface area contributed by atoms with Crippen LogP contribution < -0.4 is 14.2 Å². The SMILES string of the molecule is COc1ccc(C(=O)Oc2ccc(OC(=O)c3ccc(O)cc3)c3c2C2CCC3C2)cc1. The van der Waals surface area contributed by atoms with Gasteiger partial charge < -0.3 is 19.3 Å². The molecule has 5 rings (SSSR count). The van der Waals surface area contributed by atoms with E-state index in [9.17, 15) is 14.7 Å². The molecule has 3 aromatic carbocycles. The Morgan fingerprint density at radius 3 is 1.69 bits per heavy atom. The number of phenolic OH excluding ortho intramolecular Hbond substituents is 1. The van der Waals surface area contributed by atoms with Gasteiger partial charge in [-0.15, -0.1) is 0 Å². The molecule has 0 spiro atoms. The van der Waals surface area contributed by atoms with E-state index in [0.717, 1.165) is 30.4 Å². The molecule has 1 saturated carbocycles. The van der Waals surface area contributed by atoms with E-state index in [4.69, 9.17) is 14.2 Å². The summed E-state index contributed by atoms with van der Waals surface area (Å²) in [5.41, 5.74) is 2.73. The van der Waals surface area contributed by atoms with Crippen LogP contribution in [0, 0.1) is 0 Å². The molecule has 0 radical (unpaired) electrons. The Morgan fingerprint density at radius 2 is 1.22 bits per heavy atom. The Balaban J connectivity index is 1.43. The minimum Gasteiger partial charge on any atom is -0.508 e. The van der Waals surface area contributed by atoms with E-state index in [1.165, 1.54) is 24.3 Å². The first-order chi connectivity index (χ1) is 15.5. The average molecular weight is 430 g/mol. The number of benzene rings is 3.